The maximum atomic E-state index is 13.9. The summed E-state index contributed by atoms with van der Waals surface area (Å²) >= 11 is 6.43. The van der Waals surface area contributed by atoms with E-state index in [1.54, 1.807) is 13.0 Å². The standard InChI is InChI=1S/C31H33ClF3N3O3/c1-19(2)18-41-29-27-24(13-14-36-29)37-20(3)25(26(27)22-11-8-12-23(28(22)32)31(33,34)35)30(39)40-16-15-38(4)17-21-9-6-5-7-10-21/h5-14,19,25-26H,15-18H2,1-4H3. The molecule has 3 aromatic rings. The molecule has 0 amide bonds. The van der Waals surface area contributed by atoms with E-state index >= 15 is 0 Å². The van der Waals surface area contributed by atoms with E-state index in [-0.39, 0.29) is 24.0 Å². The Labute approximate surface area is 243 Å². The van der Waals surface area contributed by atoms with E-state index < -0.39 is 34.6 Å². The van der Waals surface area contributed by atoms with Crippen molar-refractivity contribution in [3.63, 3.8) is 0 Å². The van der Waals surface area contributed by atoms with Crippen LogP contribution in [0, 0.1) is 11.8 Å². The minimum absolute atomic E-state index is 0.0889. The van der Waals surface area contributed by atoms with E-state index in [1.165, 1.54) is 18.3 Å². The number of alkyl halides is 3. The second kappa shape index (κ2) is 13.0. The molecule has 4 rings (SSSR count). The van der Waals surface area contributed by atoms with E-state index in [2.05, 4.69) is 9.98 Å². The third kappa shape index (κ3) is 7.26. The smallest absolute Gasteiger partial charge is 0.417 e. The summed E-state index contributed by atoms with van der Waals surface area (Å²) in [6, 6.07) is 15.2. The summed E-state index contributed by atoms with van der Waals surface area (Å²) in [5, 5.41) is -0.482. The van der Waals surface area contributed by atoms with Crippen molar-refractivity contribution in [1.29, 1.82) is 0 Å². The zero-order chi connectivity index (χ0) is 29.7. The third-order valence-corrected chi connectivity index (χ3v) is 7.23. The van der Waals surface area contributed by atoms with Crippen molar-refractivity contribution in [2.24, 2.45) is 16.8 Å². The van der Waals surface area contributed by atoms with Crippen LogP contribution in [-0.2, 0) is 22.3 Å². The number of ether oxygens (including phenoxy) is 2. The van der Waals surface area contributed by atoms with Gasteiger partial charge in [0.05, 0.1) is 22.9 Å². The zero-order valence-electron chi connectivity index (χ0n) is 23.4. The summed E-state index contributed by atoms with van der Waals surface area (Å²) in [6.45, 7) is 7.13. The number of hydrogen-bond donors (Lipinski definition) is 0. The van der Waals surface area contributed by atoms with Crippen molar-refractivity contribution in [3.8, 4) is 5.88 Å². The van der Waals surface area contributed by atoms with Crippen LogP contribution in [0.5, 0.6) is 5.88 Å². The summed E-state index contributed by atoms with van der Waals surface area (Å²) in [6.07, 6.45) is -3.16. The summed E-state index contributed by atoms with van der Waals surface area (Å²) in [5.74, 6) is -2.24. The van der Waals surface area contributed by atoms with Gasteiger partial charge in [-0.25, -0.2) is 4.98 Å². The number of nitrogens with zero attached hydrogens (tertiary/aromatic N) is 3. The van der Waals surface area contributed by atoms with Crippen molar-refractivity contribution in [2.45, 2.75) is 39.4 Å². The molecule has 2 unspecified atom stereocenters. The molecule has 6 nitrogen and oxygen atoms in total. The lowest BCUT2D eigenvalue weighted by atomic mass is 9.76. The number of carbonyl (C=O) groups is 1. The molecular formula is C31H33ClF3N3O3. The van der Waals surface area contributed by atoms with E-state index in [0.29, 0.717) is 36.7 Å². The van der Waals surface area contributed by atoms with Crippen LogP contribution in [0.25, 0.3) is 0 Å². The van der Waals surface area contributed by atoms with Gasteiger partial charge in [0, 0.05) is 36.5 Å². The second-order valence-electron chi connectivity index (χ2n) is 10.6. The second-order valence-corrected chi connectivity index (χ2v) is 10.9. The van der Waals surface area contributed by atoms with Gasteiger partial charge in [-0.05, 0) is 43.1 Å². The number of benzene rings is 2. The van der Waals surface area contributed by atoms with Gasteiger partial charge in [0.15, 0.2) is 0 Å². The molecule has 1 aliphatic heterocycles. The molecule has 1 aliphatic rings. The average Bonchev–Trinajstić information content (AvgIpc) is 2.91. The molecule has 41 heavy (non-hydrogen) atoms. The first-order valence-electron chi connectivity index (χ1n) is 13.4. The first kappa shape index (κ1) is 30.5. The lowest BCUT2D eigenvalue weighted by Crippen LogP contribution is -2.35. The average molecular weight is 588 g/mol. The normalized spacial score (nSPS) is 16.9. The van der Waals surface area contributed by atoms with Crippen LogP contribution in [0.15, 0.2) is 65.8 Å². The molecule has 2 atom stereocenters. The molecule has 1 aromatic heterocycles. The first-order chi connectivity index (χ1) is 19.5. The van der Waals surface area contributed by atoms with Crippen molar-refractivity contribution in [1.82, 2.24) is 9.88 Å². The number of hydrogen-bond acceptors (Lipinski definition) is 6. The maximum Gasteiger partial charge on any atom is 0.417 e. The van der Waals surface area contributed by atoms with E-state index in [4.69, 9.17) is 21.1 Å². The number of carbonyl (C=O) groups excluding carboxylic acids is 1. The fourth-order valence-electron chi connectivity index (χ4n) is 4.88. The predicted molar refractivity (Wildman–Crippen MR) is 153 cm³/mol. The lowest BCUT2D eigenvalue weighted by molar-refractivity contribution is -0.146. The Kier molecular flexibility index (Phi) is 9.71. The number of halogens is 4. The molecule has 2 heterocycles. The van der Waals surface area contributed by atoms with Crippen LogP contribution >= 0.6 is 11.6 Å². The summed E-state index contributed by atoms with van der Waals surface area (Å²) in [5.41, 5.74) is 1.53. The Morgan fingerprint density at radius 1 is 1.10 bits per heavy atom. The maximum absolute atomic E-state index is 13.9. The molecular weight excluding hydrogens is 555 g/mol. The Bertz CT molecular complexity index is 1400. The number of pyridine rings is 1. The number of esters is 1. The highest BCUT2D eigenvalue weighted by atomic mass is 35.5. The Hall–Kier alpha value is -3.43. The van der Waals surface area contributed by atoms with Crippen molar-refractivity contribution in [3.05, 3.63) is 88.1 Å². The Morgan fingerprint density at radius 3 is 2.51 bits per heavy atom. The number of aromatic nitrogens is 1. The fourth-order valence-corrected chi connectivity index (χ4v) is 5.23. The van der Waals surface area contributed by atoms with Gasteiger partial charge in [0.1, 0.15) is 12.5 Å². The van der Waals surface area contributed by atoms with Gasteiger partial charge < -0.3 is 9.47 Å². The third-order valence-electron chi connectivity index (χ3n) is 6.81. The van der Waals surface area contributed by atoms with Crippen LogP contribution in [-0.4, -0.2) is 48.4 Å². The van der Waals surface area contributed by atoms with E-state index in [1.807, 2.05) is 56.1 Å². The number of fused-ring (bicyclic) bond motifs is 1. The van der Waals surface area contributed by atoms with Crippen molar-refractivity contribution in [2.75, 3.05) is 26.8 Å². The summed E-state index contributed by atoms with van der Waals surface area (Å²) in [7, 11) is 1.92. The number of likely N-dealkylation sites (N-methyl/N-ethyl adjacent to an activating group) is 1. The Balaban J connectivity index is 1.68. The molecule has 0 fully saturated rings. The molecule has 0 saturated carbocycles. The SMILES string of the molecule is CC1=Nc2ccnc(OCC(C)C)c2C(c2cccc(C(F)(F)F)c2Cl)C1C(=O)OCCN(C)Cc1ccccc1. The quantitative estimate of drug-likeness (QED) is 0.233. The lowest BCUT2D eigenvalue weighted by Gasteiger charge is -2.33. The van der Waals surface area contributed by atoms with Gasteiger partial charge in [-0.1, -0.05) is 67.9 Å². The highest BCUT2D eigenvalue weighted by Crippen LogP contribution is 2.50. The Morgan fingerprint density at radius 2 is 1.83 bits per heavy atom. The minimum atomic E-state index is -4.68. The predicted octanol–water partition coefficient (Wildman–Crippen LogP) is 7.32. The molecule has 0 aliphatic carbocycles. The summed E-state index contributed by atoms with van der Waals surface area (Å²) in [4.78, 5) is 24.7. The fraction of sp³-hybridized carbons (Fsp3) is 0.387. The molecule has 2 aromatic carbocycles. The van der Waals surface area contributed by atoms with Crippen LogP contribution < -0.4 is 4.74 Å². The topological polar surface area (TPSA) is 64.0 Å². The van der Waals surface area contributed by atoms with Gasteiger partial charge in [-0.3, -0.25) is 14.7 Å². The highest BCUT2D eigenvalue weighted by molar-refractivity contribution is 6.32. The van der Waals surface area contributed by atoms with E-state index in [9.17, 15) is 18.0 Å². The van der Waals surface area contributed by atoms with Gasteiger partial charge in [-0.2, -0.15) is 13.2 Å². The zero-order valence-corrected chi connectivity index (χ0v) is 24.2. The van der Waals surface area contributed by atoms with Gasteiger partial charge >= 0.3 is 12.1 Å². The highest BCUT2D eigenvalue weighted by Gasteiger charge is 2.44. The molecule has 10 heteroatoms. The molecule has 0 saturated heterocycles. The van der Waals surface area contributed by atoms with Crippen LogP contribution in [0.3, 0.4) is 0 Å². The monoisotopic (exact) mass is 587 g/mol. The van der Waals surface area contributed by atoms with Crippen molar-refractivity contribution >= 4 is 29.0 Å². The molecule has 0 radical (unpaired) electrons. The molecule has 218 valence electrons. The van der Waals surface area contributed by atoms with Gasteiger partial charge in [0.25, 0.3) is 0 Å². The van der Waals surface area contributed by atoms with Crippen LogP contribution in [0.4, 0.5) is 18.9 Å². The van der Waals surface area contributed by atoms with Crippen molar-refractivity contribution < 1.29 is 27.4 Å². The van der Waals surface area contributed by atoms with Gasteiger partial charge in [0.2, 0.25) is 5.88 Å². The van der Waals surface area contributed by atoms with E-state index in [0.717, 1.165) is 11.6 Å². The minimum Gasteiger partial charge on any atom is -0.477 e. The van der Waals surface area contributed by atoms with Crippen LogP contribution in [0.1, 0.15) is 48.9 Å². The van der Waals surface area contributed by atoms with Crippen LogP contribution in [0.2, 0.25) is 5.02 Å². The first-order valence-corrected chi connectivity index (χ1v) is 13.8. The molecule has 0 bridgehead atoms. The number of rotatable bonds is 10. The molecule has 0 N–H and O–H groups in total. The molecule has 0 spiro atoms. The number of aliphatic imine (C=N–C) groups is 1. The largest absolute Gasteiger partial charge is 0.477 e. The summed E-state index contributed by atoms with van der Waals surface area (Å²) < 4.78 is 53.3. The van der Waals surface area contributed by atoms with Gasteiger partial charge in [-0.15, -0.1) is 0 Å².